The molecule has 0 heterocycles. The summed E-state index contributed by atoms with van der Waals surface area (Å²) in [7, 11) is 0. The van der Waals surface area contributed by atoms with Crippen molar-refractivity contribution in [1.29, 1.82) is 0 Å². The standard InChI is InChI=1S/C48H81N3O18/c1-30(2)42(48(62)63)51-41(59)28-22-26-39(65-32(4)53)44(67-34(6)55)46(69-36(8)57)45(68-35(7)56)43(66-33(5)54)38(64-31(3)52)25-20-18-16-14-12-10-9-11-13-15-17-19-21-27-40(58)50-37(47(60)61)24-23-29-49/h30,37-39,42-46H,9-29,49H2,1-8H3,(H,50,58)(H,51,59)(H,60,61)(H,62,63)/t37-,38+,39-,42-,43-,44-,45-,46-/m0/s1. The van der Waals surface area contributed by atoms with Crippen molar-refractivity contribution in [2.45, 2.75) is 233 Å². The minimum absolute atomic E-state index is 0.0674. The Labute approximate surface area is 406 Å². The van der Waals surface area contributed by atoms with E-state index in [0.717, 1.165) is 106 Å². The van der Waals surface area contributed by atoms with Gasteiger partial charge in [0, 0.05) is 54.4 Å². The molecule has 8 atom stereocenters. The number of carbonyl (C=O) groups excluding carboxylic acids is 8. The zero-order chi connectivity index (χ0) is 52.5. The van der Waals surface area contributed by atoms with E-state index in [2.05, 4.69) is 10.6 Å². The average molecular weight is 988 g/mol. The second-order valence-electron chi connectivity index (χ2n) is 17.6. The molecular formula is C48H81N3O18. The summed E-state index contributed by atoms with van der Waals surface area (Å²) in [5, 5.41) is 23.8. The summed E-state index contributed by atoms with van der Waals surface area (Å²) >= 11 is 0. The SMILES string of the molecule is CC(=O)O[C@H]([C@@H](OC(C)=O)[C@@H](OC(C)=O)[C@@H](CCCCCCCCCCCCCCCC(=O)N[C@@H](CCCN)C(=O)O)OC(C)=O)[C@@H](OC(C)=O)[C@H](CCCC(=O)N[C@H](C(=O)O)C(C)C)OC(C)=O. The number of rotatable bonds is 39. The summed E-state index contributed by atoms with van der Waals surface area (Å²) in [6.07, 6.45) is 2.59. The van der Waals surface area contributed by atoms with E-state index in [1.54, 1.807) is 13.8 Å². The molecule has 0 bridgehead atoms. The molecule has 0 rings (SSSR count). The Morgan fingerprint density at radius 3 is 1.09 bits per heavy atom. The number of nitrogens with one attached hydrogen (secondary N) is 2. The van der Waals surface area contributed by atoms with E-state index in [1.165, 1.54) is 0 Å². The quantitative estimate of drug-likeness (QED) is 0.0303. The minimum Gasteiger partial charge on any atom is -0.480 e. The Bertz CT molecular complexity index is 1620. The lowest BCUT2D eigenvalue weighted by atomic mass is 9.91. The van der Waals surface area contributed by atoms with Crippen LogP contribution in [-0.4, -0.2) is 125 Å². The van der Waals surface area contributed by atoms with Gasteiger partial charge in [-0.05, 0) is 57.4 Å². The number of unbranched alkanes of at least 4 members (excludes halogenated alkanes) is 12. The van der Waals surface area contributed by atoms with Crippen LogP contribution >= 0.6 is 0 Å². The Morgan fingerprint density at radius 1 is 0.406 bits per heavy atom. The third-order valence-corrected chi connectivity index (χ3v) is 10.9. The largest absolute Gasteiger partial charge is 0.480 e. The Hall–Kier alpha value is -5.34. The average Bonchev–Trinajstić information content (AvgIpc) is 3.23. The Balaban J connectivity index is 5.82. The molecule has 6 N–H and O–H groups in total. The van der Waals surface area contributed by atoms with Crippen molar-refractivity contribution < 1.29 is 86.6 Å². The first-order valence-electron chi connectivity index (χ1n) is 24.3. The molecule has 396 valence electrons. The highest BCUT2D eigenvalue weighted by Crippen LogP contribution is 2.29. The highest BCUT2D eigenvalue weighted by Gasteiger charge is 2.50. The van der Waals surface area contributed by atoms with Gasteiger partial charge in [-0.1, -0.05) is 84.5 Å². The molecule has 69 heavy (non-hydrogen) atoms. The molecule has 0 saturated heterocycles. The van der Waals surface area contributed by atoms with Gasteiger partial charge in [-0.15, -0.1) is 0 Å². The van der Waals surface area contributed by atoms with Gasteiger partial charge in [-0.2, -0.15) is 0 Å². The number of aliphatic carboxylic acids is 2. The Morgan fingerprint density at radius 2 is 0.739 bits per heavy atom. The van der Waals surface area contributed by atoms with Crippen molar-refractivity contribution in [1.82, 2.24) is 10.6 Å². The highest BCUT2D eigenvalue weighted by atomic mass is 16.6. The molecule has 0 unspecified atom stereocenters. The van der Waals surface area contributed by atoms with Gasteiger partial charge in [0.2, 0.25) is 11.8 Å². The van der Waals surface area contributed by atoms with Crippen molar-refractivity contribution in [2.75, 3.05) is 6.54 Å². The number of nitrogens with two attached hydrogens (primary N) is 1. The molecule has 0 aliphatic carbocycles. The van der Waals surface area contributed by atoms with Gasteiger partial charge in [-0.25, -0.2) is 9.59 Å². The van der Waals surface area contributed by atoms with Crippen molar-refractivity contribution in [3.05, 3.63) is 0 Å². The summed E-state index contributed by atoms with van der Waals surface area (Å²) in [4.78, 5) is 124. The molecule has 0 radical (unpaired) electrons. The van der Waals surface area contributed by atoms with Crippen molar-refractivity contribution >= 4 is 59.6 Å². The maximum Gasteiger partial charge on any atom is 0.326 e. The lowest BCUT2D eigenvalue weighted by Crippen LogP contribution is -2.58. The van der Waals surface area contributed by atoms with Crippen LogP contribution in [0.5, 0.6) is 0 Å². The van der Waals surface area contributed by atoms with E-state index in [1.807, 2.05) is 0 Å². The zero-order valence-corrected chi connectivity index (χ0v) is 42.0. The molecule has 2 amide bonds. The lowest BCUT2D eigenvalue weighted by molar-refractivity contribution is -0.219. The van der Waals surface area contributed by atoms with E-state index in [-0.39, 0.29) is 38.0 Å². The summed E-state index contributed by atoms with van der Waals surface area (Å²) in [6, 6.07) is -2.09. The van der Waals surface area contributed by atoms with E-state index >= 15 is 0 Å². The van der Waals surface area contributed by atoms with E-state index in [4.69, 9.17) is 34.2 Å². The van der Waals surface area contributed by atoms with E-state index in [9.17, 15) is 58.2 Å². The number of hydrogen-bond donors (Lipinski definition) is 5. The van der Waals surface area contributed by atoms with Gasteiger partial charge >= 0.3 is 47.8 Å². The number of esters is 6. The number of carboxylic acids is 2. The third-order valence-electron chi connectivity index (χ3n) is 10.9. The molecule has 0 fully saturated rings. The smallest absolute Gasteiger partial charge is 0.326 e. The van der Waals surface area contributed by atoms with Crippen LogP contribution in [0.2, 0.25) is 0 Å². The zero-order valence-electron chi connectivity index (χ0n) is 42.0. The van der Waals surface area contributed by atoms with Crippen molar-refractivity contribution in [3.8, 4) is 0 Å². The van der Waals surface area contributed by atoms with Gasteiger partial charge in [0.1, 0.15) is 24.3 Å². The van der Waals surface area contributed by atoms with Gasteiger partial charge in [0.25, 0.3) is 0 Å². The molecule has 0 aliphatic heterocycles. The molecule has 0 aliphatic rings. The molecule has 0 saturated carbocycles. The molecule has 21 heteroatoms. The monoisotopic (exact) mass is 988 g/mol. The number of carbonyl (C=O) groups is 10. The minimum atomic E-state index is -1.85. The molecular weight excluding hydrogens is 907 g/mol. The molecule has 0 aromatic carbocycles. The van der Waals surface area contributed by atoms with Crippen LogP contribution in [0.4, 0.5) is 0 Å². The first-order chi connectivity index (χ1) is 32.5. The topological polar surface area (TPSA) is 317 Å². The first-order valence-corrected chi connectivity index (χ1v) is 24.3. The number of carboxylic acid groups (broad SMARTS) is 2. The van der Waals surface area contributed by atoms with Crippen molar-refractivity contribution in [3.63, 3.8) is 0 Å². The normalized spacial score (nSPS) is 14.6. The Kier molecular flexibility index (Phi) is 33.8. The van der Waals surface area contributed by atoms with Crippen LogP contribution in [0.15, 0.2) is 0 Å². The summed E-state index contributed by atoms with van der Waals surface area (Å²) in [6.45, 7) is 9.89. The predicted octanol–water partition coefficient (Wildman–Crippen LogP) is 5.13. The summed E-state index contributed by atoms with van der Waals surface area (Å²) in [5.41, 5.74) is 5.45. The predicted molar refractivity (Wildman–Crippen MR) is 249 cm³/mol. The highest BCUT2D eigenvalue weighted by molar-refractivity contribution is 5.84. The first kappa shape index (κ1) is 63.7. The van der Waals surface area contributed by atoms with E-state index in [0.29, 0.717) is 38.6 Å². The van der Waals surface area contributed by atoms with Gasteiger partial charge in [-0.3, -0.25) is 38.4 Å². The van der Waals surface area contributed by atoms with Gasteiger partial charge in [0.05, 0.1) is 0 Å². The second kappa shape index (κ2) is 36.6. The summed E-state index contributed by atoms with van der Waals surface area (Å²) < 4.78 is 33.8. The number of hydrogen-bond acceptors (Lipinski definition) is 17. The summed E-state index contributed by atoms with van der Waals surface area (Å²) in [5.74, 6) is -9.05. The molecule has 0 aromatic heterocycles. The van der Waals surface area contributed by atoms with Crippen LogP contribution in [0.1, 0.15) is 184 Å². The number of ether oxygens (including phenoxy) is 6. The molecule has 21 nitrogen and oxygen atoms in total. The van der Waals surface area contributed by atoms with Gasteiger partial charge in [0.15, 0.2) is 24.4 Å². The fraction of sp³-hybridized carbons (Fsp3) is 0.792. The number of amides is 2. The van der Waals surface area contributed by atoms with Crippen LogP contribution in [0.3, 0.4) is 0 Å². The van der Waals surface area contributed by atoms with Crippen molar-refractivity contribution in [2.24, 2.45) is 11.7 Å². The van der Waals surface area contributed by atoms with Gasteiger partial charge < -0.3 is 55.0 Å². The van der Waals surface area contributed by atoms with Crippen LogP contribution < -0.4 is 16.4 Å². The van der Waals surface area contributed by atoms with Crippen LogP contribution in [0.25, 0.3) is 0 Å². The maximum absolute atomic E-state index is 12.8. The lowest BCUT2D eigenvalue weighted by Gasteiger charge is -2.40. The van der Waals surface area contributed by atoms with Crippen LogP contribution in [-0.2, 0) is 76.4 Å². The fourth-order valence-electron chi connectivity index (χ4n) is 7.77. The van der Waals surface area contributed by atoms with E-state index < -0.39 is 108 Å². The second-order valence-corrected chi connectivity index (χ2v) is 17.6. The van der Waals surface area contributed by atoms with Crippen LogP contribution in [0, 0.1) is 5.92 Å². The molecule has 0 spiro atoms. The maximum atomic E-state index is 12.8. The fourth-order valence-corrected chi connectivity index (χ4v) is 7.77. The molecule has 0 aromatic rings. The third kappa shape index (κ3) is 30.7.